The highest BCUT2D eigenvalue weighted by atomic mass is 35.5. The standard InChI is InChI=1S/C5H11ClN2O/c1-5(2,3-6)8-4(7)9/h3H2,1-2H3,(H3,7,8,9). The third-order valence-electron chi connectivity index (χ3n) is 0.796. The summed E-state index contributed by atoms with van der Waals surface area (Å²) in [5, 5.41) is 2.48. The van der Waals surface area contributed by atoms with Crippen molar-refractivity contribution in [3.05, 3.63) is 0 Å². The van der Waals surface area contributed by atoms with Crippen LogP contribution in [-0.4, -0.2) is 17.5 Å². The van der Waals surface area contributed by atoms with Gasteiger partial charge < -0.3 is 11.1 Å². The van der Waals surface area contributed by atoms with Crippen molar-refractivity contribution in [2.75, 3.05) is 5.88 Å². The number of carbonyl (C=O) groups is 1. The summed E-state index contributed by atoms with van der Waals surface area (Å²) in [6.07, 6.45) is 0. The maximum atomic E-state index is 10.2. The highest BCUT2D eigenvalue weighted by molar-refractivity contribution is 6.18. The first kappa shape index (κ1) is 8.56. The zero-order valence-corrected chi connectivity index (χ0v) is 6.33. The molecule has 0 aliphatic rings. The molecule has 3 nitrogen and oxygen atoms in total. The van der Waals surface area contributed by atoms with E-state index in [-0.39, 0.29) is 0 Å². The van der Waals surface area contributed by atoms with E-state index in [4.69, 9.17) is 17.3 Å². The first-order valence-electron chi connectivity index (χ1n) is 2.61. The average Bonchev–Trinajstić information content (AvgIpc) is 1.63. The fraction of sp³-hybridized carbons (Fsp3) is 0.800. The predicted octanol–water partition coefficient (Wildman–Crippen LogP) is 0.672. The molecule has 4 heteroatoms. The van der Waals surface area contributed by atoms with Crippen molar-refractivity contribution < 1.29 is 4.79 Å². The zero-order chi connectivity index (χ0) is 7.49. The van der Waals surface area contributed by atoms with Crippen LogP contribution in [-0.2, 0) is 0 Å². The summed E-state index contributed by atoms with van der Waals surface area (Å²) in [5.41, 5.74) is 4.45. The van der Waals surface area contributed by atoms with Gasteiger partial charge in [-0.25, -0.2) is 4.79 Å². The number of nitrogens with one attached hydrogen (secondary N) is 1. The van der Waals surface area contributed by atoms with Gasteiger partial charge in [0.05, 0.1) is 0 Å². The van der Waals surface area contributed by atoms with E-state index in [1.807, 2.05) is 0 Å². The Balaban J connectivity index is 3.71. The molecule has 0 aromatic heterocycles. The smallest absolute Gasteiger partial charge is 0.312 e. The molecule has 0 saturated heterocycles. The molecule has 9 heavy (non-hydrogen) atoms. The van der Waals surface area contributed by atoms with E-state index in [1.165, 1.54) is 0 Å². The molecule has 0 aliphatic carbocycles. The topological polar surface area (TPSA) is 55.1 Å². The van der Waals surface area contributed by atoms with Crippen molar-refractivity contribution in [1.82, 2.24) is 5.32 Å². The summed E-state index contributed by atoms with van der Waals surface area (Å²) in [4.78, 5) is 10.2. The second kappa shape index (κ2) is 2.92. The summed E-state index contributed by atoms with van der Waals surface area (Å²) < 4.78 is 0. The molecule has 0 aliphatic heterocycles. The Morgan fingerprint density at radius 2 is 2.22 bits per heavy atom. The van der Waals surface area contributed by atoms with E-state index >= 15 is 0 Å². The molecule has 0 saturated carbocycles. The van der Waals surface area contributed by atoms with E-state index in [2.05, 4.69) is 5.32 Å². The number of primary amides is 1. The maximum absolute atomic E-state index is 10.2. The Labute approximate surface area is 59.6 Å². The average molecular weight is 151 g/mol. The molecule has 0 aromatic carbocycles. The minimum atomic E-state index is -0.541. The number of amides is 2. The van der Waals surface area contributed by atoms with E-state index in [0.29, 0.717) is 5.88 Å². The third-order valence-corrected chi connectivity index (χ3v) is 1.46. The van der Waals surface area contributed by atoms with E-state index in [0.717, 1.165) is 0 Å². The van der Waals surface area contributed by atoms with Crippen LogP contribution in [0.1, 0.15) is 13.8 Å². The van der Waals surface area contributed by atoms with E-state index in [1.54, 1.807) is 13.8 Å². The van der Waals surface area contributed by atoms with E-state index in [9.17, 15) is 4.79 Å². The second-order valence-corrected chi connectivity index (χ2v) is 2.77. The Hall–Kier alpha value is -0.440. The van der Waals surface area contributed by atoms with Gasteiger partial charge in [-0.15, -0.1) is 11.6 Å². The molecule has 0 radical (unpaired) electrons. The van der Waals surface area contributed by atoms with Gasteiger partial charge in [0.15, 0.2) is 0 Å². The first-order valence-corrected chi connectivity index (χ1v) is 3.15. The van der Waals surface area contributed by atoms with Gasteiger partial charge in [-0.1, -0.05) is 0 Å². The second-order valence-electron chi connectivity index (χ2n) is 2.51. The molecule has 0 rings (SSSR count). The van der Waals surface area contributed by atoms with Crippen molar-refractivity contribution in [3.8, 4) is 0 Å². The number of carbonyl (C=O) groups excluding carboxylic acids is 1. The molecule has 0 spiro atoms. The minimum Gasteiger partial charge on any atom is -0.352 e. The van der Waals surface area contributed by atoms with Crippen LogP contribution < -0.4 is 11.1 Å². The van der Waals surface area contributed by atoms with Gasteiger partial charge in [-0.2, -0.15) is 0 Å². The van der Waals surface area contributed by atoms with E-state index < -0.39 is 11.6 Å². The Morgan fingerprint density at radius 3 is 2.33 bits per heavy atom. The van der Waals surface area contributed by atoms with Gasteiger partial charge >= 0.3 is 6.03 Å². The van der Waals surface area contributed by atoms with Gasteiger partial charge in [0.2, 0.25) is 0 Å². The number of rotatable bonds is 2. The molecule has 0 atom stereocenters. The highest BCUT2D eigenvalue weighted by Crippen LogP contribution is 2.02. The van der Waals surface area contributed by atoms with Crippen LogP contribution in [0.2, 0.25) is 0 Å². The fourth-order valence-electron chi connectivity index (χ4n) is 0.367. The Bertz CT molecular complexity index is 114. The van der Waals surface area contributed by atoms with Gasteiger partial charge in [0.25, 0.3) is 0 Å². The van der Waals surface area contributed by atoms with Crippen molar-refractivity contribution in [2.45, 2.75) is 19.4 Å². The third kappa shape index (κ3) is 4.09. The van der Waals surface area contributed by atoms with Crippen molar-refractivity contribution in [1.29, 1.82) is 0 Å². The molecule has 2 amide bonds. The van der Waals surface area contributed by atoms with Gasteiger partial charge in [-0.05, 0) is 13.8 Å². The quantitative estimate of drug-likeness (QED) is 0.559. The number of alkyl halides is 1. The van der Waals surface area contributed by atoms with Crippen LogP contribution in [0.5, 0.6) is 0 Å². The summed E-state index contributed by atoms with van der Waals surface area (Å²) in [6.45, 7) is 3.59. The largest absolute Gasteiger partial charge is 0.352 e. The molecular formula is C5H11ClN2O. The number of nitrogens with two attached hydrogens (primary N) is 1. The Morgan fingerprint density at radius 1 is 1.78 bits per heavy atom. The van der Waals surface area contributed by atoms with Crippen molar-refractivity contribution >= 4 is 17.6 Å². The summed E-state index contributed by atoms with van der Waals surface area (Å²) in [5.74, 6) is 0.357. The van der Waals surface area contributed by atoms with Crippen LogP contribution in [0.15, 0.2) is 0 Å². The zero-order valence-electron chi connectivity index (χ0n) is 5.57. The summed E-state index contributed by atoms with van der Waals surface area (Å²) >= 11 is 5.47. The number of urea groups is 1. The normalized spacial score (nSPS) is 11.0. The number of hydrogen-bond acceptors (Lipinski definition) is 1. The molecule has 3 N–H and O–H groups in total. The minimum absolute atomic E-state index is 0.357. The van der Waals surface area contributed by atoms with Crippen LogP contribution in [0, 0.1) is 0 Å². The lowest BCUT2D eigenvalue weighted by molar-refractivity contribution is 0.241. The molecule has 0 unspecified atom stereocenters. The molecule has 0 aromatic rings. The van der Waals surface area contributed by atoms with Crippen LogP contribution in [0.25, 0.3) is 0 Å². The maximum Gasteiger partial charge on any atom is 0.312 e. The van der Waals surface area contributed by atoms with Crippen molar-refractivity contribution in [3.63, 3.8) is 0 Å². The Kier molecular flexibility index (Phi) is 2.77. The molecule has 0 fully saturated rings. The molecule has 0 heterocycles. The molecule has 0 bridgehead atoms. The molecular weight excluding hydrogens is 140 g/mol. The SMILES string of the molecule is CC(C)(CCl)NC(N)=O. The number of hydrogen-bond donors (Lipinski definition) is 2. The summed E-state index contributed by atoms with van der Waals surface area (Å²) in [6, 6.07) is -0.541. The predicted molar refractivity (Wildman–Crippen MR) is 37.5 cm³/mol. The monoisotopic (exact) mass is 150 g/mol. The van der Waals surface area contributed by atoms with Crippen LogP contribution >= 0.6 is 11.6 Å². The number of halogens is 1. The lowest BCUT2D eigenvalue weighted by Gasteiger charge is -2.21. The van der Waals surface area contributed by atoms with Crippen LogP contribution in [0.4, 0.5) is 4.79 Å². The molecule has 54 valence electrons. The lowest BCUT2D eigenvalue weighted by atomic mass is 10.1. The van der Waals surface area contributed by atoms with Crippen molar-refractivity contribution in [2.24, 2.45) is 5.73 Å². The van der Waals surface area contributed by atoms with Gasteiger partial charge in [-0.3, -0.25) is 0 Å². The van der Waals surface area contributed by atoms with Gasteiger partial charge in [0, 0.05) is 11.4 Å². The first-order chi connectivity index (χ1) is 3.98. The van der Waals surface area contributed by atoms with Crippen LogP contribution in [0.3, 0.4) is 0 Å². The highest BCUT2D eigenvalue weighted by Gasteiger charge is 2.16. The lowest BCUT2D eigenvalue weighted by Crippen LogP contribution is -2.47. The summed E-state index contributed by atoms with van der Waals surface area (Å²) in [7, 11) is 0. The fourth-order valence-corrected chi connectivity index (χ4v) is 0.434. The van der Waals surface area contributed by atoms with Gasteiger partial charge in [0.1, 0.15) is 0 Å².